The summed E-state index contributed by atoms with van der Waals surface area (Å²) < 4.78 is 2.15. The fourth-order valence-electron chi connectivity index (χ4n) is 7.84. The Morgan fingerprint density at radius 1 is 0.389 bits per heavy atom. The molecule has 10 rings (SSSR count). The molecule has 10 aromatic rings. The van der Waals surface area contributed by atoms with E-state index in [2.05, 4.69) is 175 Å². The molecule has 0 bridgehead atoms. The minimum Gasteiger partial charge on any atom is -0.298 e. The van der Waals surface area contributed by atoms with Crippen LogP contribution in [0.15, 0.2) is 188 Å². The SMILES string of the molecule is Cc1c(-c2ccc(-c3cccc(-c4nc5ccccc5c5nc6ccccn6c45)c3)cc2)nc(-c2ccccc2)c(-c2ccccc2)c1-c1ccccc1. The molecular weight excluding hydrogens is 657 g/mol. The number of aromatic nitrogens is 4. The fraction of sp³-hybridized carbons (Fsp3) is 0.0200. The van der Waals surface area contributed by atoms with E-state index in [0.29, 0.717) is 0 Å². The van der Waals surface area contributed by atoms with Crippen molar-refractivity contribution in [1.29, 1.82) is 0 Å². The maximum absolute atomic E-state index is 5.49. The van der Waals surface area contributed by atoms with Crippen LogP contribution >= 0.6 is 0 Å². The highest BCUT2D eigenvalue weighted by atomic mass is 15.0. The Hall–Kier alpha value is -7.17. The Bertz CT molecular complexity index is 2970. The number of hydrogen-bond donors (Lipinski definition) is 0. The Balaban J connectivity index is 1.11. The van der Waals surface area contributed by atoms with E-state index in [-0.39, 0.29) is 0 Å². The minimum atomic E-state index is 0.908. The van der Waals surface area contributed by atoms with Crippen LogP contribution in [0.1, 0.15) is 5.56 Å². The Morgan fingerprint density at radius 2 is 0.963 bits per heavy atom. The van der Waals surface area contributed by atoms with Gasteiger partial charge in [-0.05, 0) is 64.6 Å². The second-order valence-corrected chi connectivity index (χ2v) is 13.7. The zero-order valence-corrected chi connectivity index (χ0v) is 29.7. The molecule has 0 unspecified atom stereocenters. The molecule has 0 aliphatic heterocycles. The number of rotatable bonds is 6. The first-order chi connectivity index (χ1) is 26.7. The van der Waals surface area contributed by atoms with Crippen LogP contribution in [0.25, 0.3) is 94.7 Å². The zero-order chi connectivity index (χ0) is 36.0. The molecule has 0 saturated heterocycles. The summed E-state index contributed by atoms with van der Waals surface area (Å²) in [5, 5.41) is 1.05. The van der Waals surface area contributed by atoms with Crippen molar-refractivity contribution in [2.75, 3.05) is 0 Å². The smallest absolute Gasteiger partial charge is 0.137 e. The predicted molar refractivity (Wildman–Crippen MR) is 223 cm³/mol. The van der Waals surface area contributed by atoms with Gasteiger partial charge in [0.15, 0.2) is 0 Å². The van der Waals surface area contributed by atoms with Gasteiger partial charge >= 0.3 is 0 Å². The summed E-state index contributed by atoms with van der Waals surface area (Å²) in [4.78, 5) is 15.8. The van der Waals surface area contributed by atoms with E-state index < -0.39 is 0 Å². The number of fused-ring (bicyclic) bond motifs is 5. The molecule has 0 atom stereocenters. The lowest BCUT2D eigenvalue weighted by molar-refractivity contribution is 1.22. The van der Waals surface area contributed by atoms with Gasteiger partial charge in [-0.3, -0.25) is 4.40 Å². The van der Waals surface area contributed by atoms with E-state index in [1.54, 1.807) is 0 Å². The molecule has 0 N–H and O–H groups in total. The van der Waals surface area contributed by atoms with Gasteiger partial charge in [-0.25, -0.2) is 15.0 Å². The van der Waals surface area contributed by atoms with Crippen molar-refractivity contribution in [1.82, 2.24) is 19.4 Å². The summed E-state index contributed by atoms with van der Waals surface area (Å²) in [6, 6.07) is 63.8. The number of imidazole rings is 1. The lowest BCUT2D eigenvalue weighted by Crippen LogP contribution is -2.01. The molecule has 6 aromatic carbocycles. The standard InChI is InChI=1S/C50H34N4/c1-33-44(35-16-5-2-6-17-35)45(36-18-7-3-8-19-36)47(37-20-9-4-10-21-37)53-46(33)38-29-27-34(28-30-38)39-22-15-23-40(32-39)48-50-49(41-24-11-12-25-42(41)51-48)52-43-26-13-14-31-54(43)50/h2-32H,1H3. The number of nitrogens with zero attached hydrogens (tertiary/aromatic N) is 4. The summed E-state index contributed by atoms with van der Waals surface area (Å²) in [6.45, 7) is 2.21. The van der Waals surface area contributed by atoms with Crippen molar-refractivity contribution in [3.8, 4) is 67.2 Å². The topological polar surface area (TPSA) is 43.1 Å². The van der Waals surface area contributed by atoms with E-state index in [9.17, 15) is 0 Å². The first kappa shape index (κ1) is 31.6. The normalized spacial score (nSPS) is 11.4. The average molecular weight is 691 g/mol. The van der Waals surface area contributed by atoms with Gasteiger partial charge in [-0.1, -0.05) is 158 Å². The summed E-state index contributed by atoms with van der Waals surface area (Å²) in [5.41, 5.74) is 17.9. The molecule has 0 radical (unpaired) electrons. The van der Waals surface area contributed by atoms with Crippen molar-refractivity contribution >= 4 is 27.6 Å². The molecule has 4 heterocycles. The second-order valence-electron chi connectivity index (χ2n) is 13.7. The average Bonchev–Trinajstić information content (AvgIpc) is 3.64. The van der Waals surface area contributed by atoms with Crippen molar-refractivity contribution in [3.05, 3.63) is 194 Å². The Kier molecular flexibility index (Phi) is 7.66. The van der Waals surface area contributed by atoms with Crippen LogP contribution in [0, 0.1) is 6.92 Å². The van der Waals surface area contributed by atoms with Crippen molar-refractivity contribution in [3.63, 3.8) is 0 Å². The molecule has 4 nitrogen and oxygen atoms in total. The van der Waals surface area contributed by atoms with Crippen LogP contribution in [-0.2, 0) is 0 Å². The van der Waals surface area contributed by atoms with E-state index in [1.165, 1.54) is 11.1 Å². The van der Waals surface area contributed by atoms with Crippen LogP contribution in [-0.4, -0.2) is 19.4 Å². The molecule has 54 heavy (non-hydrogen) atoms. The van der Waals surface area contributed by atoms with Crippen LogP contribution < -0.4 is 0 Å². The van der Waals surface area contributed by atoms with Crippen LogP contribution in [0.3, 0.4) is 0 Å². The van der Waals surface area contributed by atoms with Gasteiger partial charge in [0.1, 0.15) is 11.2 Å². The number of pyridine rings is 3. The van der Waals surface area contributed by atoms with Gasteiger partial charge in [0.05, 0.1) is 28.1 Å². The fourth-order valence-corrected chi connectivity index (χ4v) is 7.84. The predicted octanol–water partition coefficient (Wildman–Crippen LogP) is 12.7. The van der Waals surface area contributed by atoms with Gasteiger partial charge in [-0.15, -0.1) is 0 Å². The molecule has 4 aromatic heterocycles. The van der Waals surface area contributed by atoms with Crippen molar-refractivity contribution < 1.29 is 0 Å². The molecular formula is C50H34N4. The zero-order valence-electron chi connectivity index (χ0n) is 29.7. The maximum Gasteiger partial charge on any atom is 0.137 e. The lowest BCUT2D eigenvalue weighted by atomic mass is 9.86. The Morgan fingerprint density at radius 3 is 1.70 bits per heavy atom. The summed E-state index contributed by atoms with van der Waals surface area (Å²) in [7, 11) is 0. The van der Waals surface area contributed by atoms with Gasteiger partial charge in [-0.2, -0.15) is 0 Å². The second kappa shape index (κ2) is 13.1. The summed E-state index contributed by atoms with van der Waals surface area (Å²) >= 11 is 0. The van der Waals surface area contributed by atoms with Crippen molar-refractivity contribution in [2.45, 2.75) is 6.92 Å². The quantitative estimate of drug-likeness (QED) is 0.174. The number of benzene rings is 6. The molecule has 0 fully saturated rings. The maximum atomic E-state index is 5.49. The number of para-hydroxylation sites is 1. The lowest BCUT2D eigenvalue weighted by Gasteiger charge is -2.21. The first-order valence-corrected chi connectivity index (χ1v) is 18.3. The van der Waals surface area contributed by atoms with E-state index >= 15 is 0 Å². The van der Waals surface area contributed by atoms with Gasteiger partial charge in [0, 0.05) is 33.8 Å². The molecule has 4 heteroatoms. The van der Waals surface area contributed by atoms with Crippen LogP contribution in [0.5, 0.6) is 0 Å². The molecule has 0 aliphatic carbocycles. The molecule has 0 saturated carbocycles. The van der Waals surface area contributed by atoms with Gasteiger partial charge < -0.3 is 0 Å². The third-order valence-electron chi connectivity index (χ3n) is 10.4. The van der Waals surface area contributed by atoms with Crippen LogP contribution in [0.4, 0.5) is 0 Å². The highest BCUT2D eigenvalue weighted by Crippen LogP contribution is 2.44. The van der Waals surface area contributed by atoms with Gasteiger partial charge in [0.2, 0.25) is 0 Å². The highest BCUT2D eigenvalue weighted by molar-refractivity contribution is 6.09. The molecule has 254 valence electrons. The van der Waals surface area contributed by atoms with Crippen molar-refractivity contribution in [2.24, 2.45) is 0 Å². The molecule has 0 amide bonds. The van der Waals surface area contributed by atoms with Crippen LogP contribution in [0.2, 0.25) is 0 Å². The highest BCUT2D eigenvalue weighted by Gasteiger charge is 2.22. The third-order valence-corrected chi connectivity index (χ3v) is 10.4. The van der Waals surface area contributed by atoms with E-state index in [4.69, 9.17) is 15.0 Å². The van der Waals surface area contributed by atoms with Gasteiger partial charge in [0.25, 0.3) is 0 Å². The molecule has 0 aliphatic rings. The number of hydrogen-bond acceptors (Lipinski definition) is 3. The molecule has 0 spiro atoms. The largest absolute Gasteiger partial charge is 0.298 e. The summed E-state index contributed by atoms with van der Waals surface area (Å²) in [5.74, 6) is 0. The van der Waals surface area contributed by atoms with E-state index in [0.717, 1.165) is 89.2 Å². The minimum absolute atomic E-state index is 0.908. The summed E-state index contributed by atoms with van der Waals surface area (Å²) in [6.07, 6.45) is 2.07. The Labute approximate surface area is 313 Å². The monoisotopic (exact) mass is 690 g/mol. The first-order valence-electron chi connectivity index (χ1n) is 18.3. The van der Waals surface area contributed by atoms with E-state index in [1.807, 2.05) is 24.3 Å². The third kappa shape index (κ3) is 5.35.